The maximum atomic E-state index is 12.8. The Balaban J connectivity index is 2.99. The van der Waals surface area contributed by atoms with Crippen molar-refractivity contribution in [2.75, 3.05) is 0 Å². The van der Waals surface area contributed by atoms with Crippen molar-refractivity contribution in [2.45, 2.75) is 0 Å². The Bertz CT molecular complexity index is 298. The molecule has 7 heteroatoms. The van der Waals surface area contributed by atoms with Crippen molar-refractivity contribution >= 4 is 23.3 Å². The van der Waals surface area contributed by atoms with Crippen LogP contribution < -0.4 is 4.65 Å². The quantitative estimate of drug-likeness (QED) is 0.612. The van der Waals surface area contributed by atoms with Crippen LogP contribution in [-0.2, 0) is 0 Å². The van der Waals surface area contributed by atoms with Gasteiger partial charge >= 0.3 is 7.32 Å². The van der Waals surface area contributed by atoms with Crippen molar-refractivity contribution in [3.63, 3.8) is 0 Å². The van der Waals surface area contributed by atoms with E-state index in [2.05, 4.69) is 20.6 Å². The van der Waals surface area contributed by atoms with Crippen molar-refractivity contribution in [2.24, 2.45) is 0 Å². The predicted molar refractivity (Wildman–Crippen MR) is 44.9 cm³/mol. The lowest BCUT2D eigenvalue weighted by molar-refractivity contribution is 0.287. The molecular weight excluding hydrogens is 249 g/mol. The zero-order chi connectivity index (χ0) is 10.0. The highest BCUT2D eigenvalue weighted by molar-refractivity contribution is 9.10. The van der Waals surface area contributed by atoms with Crippen LogP contribution in [-0.4, -0.2) is 17.4 Å². The number of benzene rings is 1. The van der Waals surface area contributed by atoms with E-state index >= 15 is 0 Å². The molecule has 0 saturated heterocycles. The highest BCUT2D eigenvalue weighted by atomic mass is 79.9. The van der Waals surface area contributed by atoms with Gasteiger partial charge in [-0.25, -0.2) is 8.78 Å². The molecule has 0 bridgehead atoms. The van der Waals surface area contributed by atoms with Gasteiger partial charge in [-0.05, 0) is 15.9 Å². The average molecular weight is 253 g/mol. The Morgan fingerprint density at radius 1 is 1.23 bits per heavy atom. The highest BCUT2D eigenvalue weighted by Crippen LogP contribution is 2.24. The molecule has 0 fully saturated rings. The second-order valence-corrected chi connectivity index (χ2v) is 2.94. The molecule has 0 amide bonds. The molecule has 2 N–H and O–H groups in total. The summed E-state index contributed by atoms with van der Waals surface area (Å²) in [6.45, 7) is 0. The number of rotatable bonds is 2. The van der Waals surface area contributed by atoms with E-state index < -0.39 is 19.0 Å². The molecule has 0 spiro atoms. The number of hydrogen-bond donors (Lipinski definition) is 2. The summed E-state index contributed by atoms with van der Waals surface area (Å²) < 4.78 is 29.4. The van der Waals surface area contributed by atoms with Crippen LogP contribution >= 0.6 is 15.9 Å². The van der Waals surface area contributed by atoms with Crippen LogP contribution in [0.1, 0.15) is 0 Å². The van der Waals surface area contributed by atoms with Gasteiger partial charge in [0.2, 0.25) is 0 Å². The Kier molecular flexibility index (Phi) is 3.24. The van der Waals surface area contributed by atoms with E-state index in [0.717, 1.165) is 12.1 Å². The van der Waals surface area contributed by atoms with Gasteiger partial charge in [0.1, 0.15) is 17.4 Å². The first-order valence-corrected chi connectivity index (χ1v) is 3.97. The summed E-state index contributed by atoms with van der Waals surface area (Å²) in [6, 6.07) is 1.65. The molecule has 0 aliphatic rings. The summed E-state index contributed by atoms with van der Waals surface area (Å²) in [5.41, 5.74) is 0. The minimum atomic E-state index is -2.10. The van der Waals surface area contributed by atoms with Crippen molar-refractivity contribution < 1.29 is 23.5 Å². The van der Waals surface area contributed by atoms with E-state index in [1.54, 1.807) is 0 Å². The van der Waals surface area contributed by atoms with Crippen LogP contribution in [0, 0.1) is 11.6 Å². The molecule has 0 unspecified atom stereocenters. The van der Waals surface area contributed by atoms with Gasteiger partial charge in [-0.1, -0.05) is 0 Å². The van der Waals surface area contributed by atoms with Crippen LogP contribution in [0.2, 0.25) is 0 Å². The van der Waals surface area contributed by atoms with Crippen LogP contribution in [0.25, 0.3) is 0 Å². The van der Waals surface area contributed by atoms with E-state index in [4.69, 9.17) is 10.0 Å². The maximum Gasteiger partial charge on any atom is 0.707 e. The van der Waals surface area contributed by atoms with Gasteiger partial charge in [0.25, 0.3) is 0 Å². The average Bonchev–Trinajstić information content (AvgIpc) is 1.98. The Morgan fingerprint density at radius 2 is 1.69 bits per heavy atom. The second kappa shape index (κ2) is 4.04. The zero-order valence-corrected chi connectivity index (χ0v) is 7.75. The van der Waals surface area contributed by atoms with Gasteiger partial charge in [0, 0.05) is 12.1 Å². The molecule has 0 atom stereocenters. The maximum absolute atomic E-state index is 12.8. The normalized spacial score (nSPS) is 9.92. The van der Waals surface area contributed by atoms with Crippen molar-refractivity contribution in [1.82, 2.24) is 0 Å². The van der Waals surface area contributed by atoms with E-state index in [1.807, 2.05) is 0 Å². The molecule has 3 nitrogen and oxygen atoms in total. The molecule has 0 aliphatic heterocycles. The van der Waals surface area contributed by atoms with Crippen LogP contribution in [0.4, 0.5) is 8.78 Å². The molecule has 13 heavy (non-hydrogen) atoms. The Hall–Kier alpha value is -0.655. The van der Waals surface area contributed by atoms with Crippen LogP contribution in [0.15, 0.2) is 16.6 Å². The zero-order valence-electron chi connectivity index (χ0n) is 6.17. The molecule has 1 aromatic rings. The first kappa shape index (κ1) is 10.4. The summed E-state index contributed by atoms with van der Waals surface area (Å²) in [6.07, 6.45) is 0. The van der Waals surface area contributed by atoms with Gasteiger partial charge in [0.05, 0.1) is 4.47 Å². The summed E-state index contributed by atoms with van der Waals surface area (Å²) >= 11 is 2.65. The summed E-state index contributed by atoms with van der Waals surface area (Å²) in [7, 11) is -2.10. The van der Waals surface area contributed by atoms with E-state index in [1.165, 1.54) is 0 Å². The molecule has 0 aliphatic carbocycles. The summed E-state index contributed by atoms with van der Waals surface area (Å²) in [5.74, 6) is -2.06. The van der Waals surface area contributed by atoms with E-state index in [-0.39, 0.29) is 10.2 Å². The molecule has 0 heterocycles. The minimum absolute atomic E-state index is 0.298. The van der Waals surface area contributed by atoms with Crippen LogP contribution in [0.3, 0.4) is 0 Å². The SMILES string of the molecule is OB(O)Oc1cc(F)c(Br)c(F)c1. The monoisotopic (exact) mass is 252 g/mol. The molecule has 1 aromatic carbocycles. The summed E-state index contributed by atoms with van der Waals surface area (Å²) in [4.78, 5) is 0. The fourth-order valence-electron chi connectivity index (χ4n) is 0.722. The third-order valence-electron chi connectivity index (χ3n) is 1.20. The van der Waals surface area contributed by atoms with E-state index in [9.17, 15) is 8.78 Å². The molecule has 0 saturated carbocycles. The lowest BCUT2D eigenvalue weighted by atomic mass is 10.2. The van der Waals surface area contributed by atoms with Gasteiger partial charge in [-0.15, -0.1) is 0 Å². The highest BCUT2D eigenvalue weighted by Gasteiger charge is 2.15. The fraction of sp³-hybridized carbons (Fsp3) is 0. The molecule has 0 radical (unpaired) electrons. The lowest BCUT2D eigenvalue weighted by Gasteiger charge is -2.05. The molecular formula is C6H4BBrF2O3. The third kappa shape index (κ3) is 2.65. The van der Waals surface area contributed by atoms with Gasteiger partial charge in [-0.3, -0.25) is 0 Å². The minimum Gasteiger partial charge on any atom is -0.512 e. The fourth-order valence-corrected chi connectivity index (χ4v) is 0.951. The Morgan fingerprint density at radius 3 is 2.08 bits per heavy atom. The van der Waals surface area contributed by atoms with Gasteiger partial charge in [0.15, 0.2) is 0 Å². The molecule has 1 rings (SSSR count). The van der Waals surface area contributed by atoms with Crippen molar-refractivity contribution in [3.05, 3.63) is 28.2 Å². The smallest absolute Gasteiger partial charge is 0.512 e. The van der Waals surface area contributed by atoms with Gasteiger partial charge in [-0.2, -0.15) is 0 Å². The Labute approximate surface area is 81.3 Å². The molecule has 70 valence electrons. The van der Waals surface area contributed by atoms with E-state index in [0.29, 0.717) is 0 Å². The number of halogens is 3. The predicted octanol–water partition coefficient (Wildman–Crippen LogP) is 1.08. The number of hydrogen-bond acceptors (Lipinski definition) is 3. The van der Waals surface area contributed by atoms with Crippen LogP contribution in [0.5, 0.6) is 5.75 Å². The third-order valence-corrected chi connectivity index (χ3v) is 1.96. The second-order valence-electron chi connectivity index (χ2n) is 2.15. The standard InChI is InChI=1S/C6H4BBrF2O3/c8-6-4(9)1-3(2-5(6)10)13-7(11)12/h1-2,11-12H. The summed E-state index contributed by atoms with van der Waals surface area (Å²) in [5, 5.41) is 16.7. The first-order valence-electron chi connectivity index (χ1n) is 3.18. The topological polar surface area (TPSA) is 49.7 Å². The van der Waals surface area contributed by atoms with Gasteiger partial charge < -0.3 is 14.7 Å². The first-order chi connectivity index (χ1) is 6.00. The largest absolute Gasteiger partial charge is 0.707 e. The van der Waals surface area contributed by atoms with Crippen molar-refractivity contribution in [1.29, 1.82) is 0 Å². The van der Waals surface area contributed by atoms with Crippen molar-refractivity contribution in [3.8, 4) is 5.75 Å². The molecule has 0 aromatic heterocycles. The lowest BCUT2D eigenvalue weighted by Crippen LogP contribution is -2.20.